The number of ether oxygens (including phenoxy) is 1. The molecule has 0 aromatic carbocycles. The molecule has 1 saturated heterocycles. The molecular weight excluding hydrogens is 256 g/mol. The maximum absolute atomic E-state index is 9.02. The van der Waals surface area contributed by atoms with Crippen LogP contribution < -0.4 is 0 Å². The molecule has 0 aromatic rings. The van der Waals surface area contributed by atoms with E-state index < -0.39 is 0 Å². The Balaban J connectivity index is 2.04. The van der Waals surface area contributed by atoms with Crippen molar-refractivity contribution < 1.29 is 19.6 Å². The molecule has 4 nitrogen and oxygen atoms in total. The maximum Gasteiger partial charge on any atom is 0.143 e. The van der Waals surface area contributed by atoms with Crippen molar-refractivity contribution in [2.45, 2.75) is 76.2 Å². The lowest BCUT2D eigenvalue weighted by Crippen LogP contribution is -2.46. The number of rotatable bonds is 4. The minimum absolute atomic E-state index is 0.238. The van der Waals surface area contributed by atoms with Crippen LogP contribution in [-0.2, 0) is 14.5 Å². The lowest BCUT2D eigenvalue weighted by Gasteiger charge is -2.40. The van der Waals surface area contributed by atoms with Gasteiger partial charge in [0, 0.05) is 0 Å². The first-order valence-corrected chi connectivity index (χ1v) is 8.37. The summed E-state index contributed by atoms with van der Waals surface area (Å²) in [5.41, 5.74) is -0.347. The molecule has 1 N–H and O–H groups in total. The third kappa shape index (κ3) is 4.69. The summed E-state index contributed by atoms with van der Waals surface area (Å²) in [7, 11) is 0. The molecule has 0 amide bonds. The number of hydrogen-bond acceptors (Lipinski definition) is 4. The Kier molecular flexibility index (Phi) is 7.28. The standard InChI is InChI=1S/C16H30O4/c17-14-18-13-16(11-7-4-8-12-19-20-16)15-9-5-2-1-3-6-10-15/h15,17H,1-14H2. The van der Waals surface area contributed by atoms with Crippen molar-refractivity contribution in [1.29, 1.82) is 0 Å². The summed E-state index contributed by atoms with van der Waals surface area (Å²) in [6, 6.07) is 0. The number of aliphatic hydroxyl groups excluding tert-OH is 1. The molecule has 1 aliphatic carbocycles. The van der Waals surface area contributed by atoms with Crippen molar-refractivity contribution in [1.82, 2.24) is 0 Å². The molecule has 2 fully saturated rings. The number of hydrogen-bond donors (Lipinski definition) is 1. The molecule has 0 radical (unpaired) electrons. The van der Waals surface area contributed by atoms with Crippen LogP contribution in [0.3, 0.4) is 0 Å². The van der Waals surface area contributed by atoms with Gasteiger partial charge in [-0.25, -0.2) is 9.78 Å². The summed E-state index contributed by atoms with van der Waals surface area (Å²) >= 11 is 0. The fraction of sp³-hybridized carbons (Fsp3) is 1.00. The van der Waals surface area contributed by atoms with Gasteiger partial charge in [0.25, 0.3) is 0 Å². The minimum Gasteiger partial charge on any atom is -0.371 e. The molecule has 20 heavy (non-hydrogen) atoms. The molecule has 1 saturated carbocycles. The van der Waals surface area contributed by atoms with E-state index in [4.69, 9.17) is 19.6 Å². The smallest absolute Gasteiger partial charge is 0.143 e. The van der Waals surface area contributed by atoms with Gasteiger partial charge in [0.2, 0.25) is 0 Å². The van der Waals surface area contributed by atoms with Gasteiger partial charge in [-0.2, -0.15) is 0 Å². The van der Waals surface area contributed by atoms with Crippen LogP contribution in [0.1, 0.15) is 70.6 Å². The second-order valence-corrected chi connectivity index (χ2v) is 6.30. The van der Waals surface area contributed by atoms with E-state index in [0.717, 1.165) is 19.3 Å². The van der Waals surface area contributed by atoms with E-state index in [1.807, 2.05) is 0 Å². The number of aliphatic hydroxyl groups is 1. The molecule has 1 unspecified atom stereocenters. The van der Waals surface area contributed by atoms with Gasteiger partial charge >= 0.3 is 0 Å². The first-order chi connectivity index (χ1) is 9.87. The average Bonchev–Trinajstić information content (AvgIpc) is 2.38. The molecule has 0 bridgehead atoms. The molecule has 2 aliphatic rings. The normalized spacial score (nSPS) is 31.1. The van der Waals surface area contributed by atoms with Gasteiger partial charge in [0.15, 0.2) is 0 Å². The first-order valence-electron chi connectivity index (χ1n) is 8.37. The van der Waals surface area contributed by atoms with E-state index in [-0.39, 0.29) is 12.4 Å². The van der Waals surface area contributed by atoms with Crippen LogP contribution in [0.15, 0.2) is 0 Å². The Morgan fingerprint density at radius 1 is 0.950 bits per heavy atom. The third-order valence-electron chi connectivity index (χ3n) is 4.84. The van der Waals surface area contributed by atoms with Gasteiger partial charge in [-0.15, -0.1) is 0 Å². The largest absolute Gasteiger partial charge is 0.371 e. The van der Waals surface area contributed by atoms with Crippen LogP contribution in [0, 0.1) is 5.92 Å². The Morgan fingerprint density at radius 3 is 2.40 bits per heavy atom. The molecule has 1 atom stereocenters. The summed E-state index contributed by atoms with van der Waals surface area (Å²) in [6.45, 7) is 0.888. The van der Waals surface area contributed by atoms with Crippen LogP contribution in [0.4, 0.5) is 0 Å². The summed E-state index contributed by atoms with van der Waals surface area (Å²) in [6.07, 6.45) is 13.4. The van der Waals surface area contributed by atoms with E-state index in [2.05, 4.69) is 0 Å². The first kappa shape index (κ1) is 16.2. The molecule has 4 heteroatoms. The zero-order valence-corrected chi connectivity index (χ0v) is 12.6. The molecule has 0 aromatic heterocycles. The SMILES string of the molecule is OCOCC1(C2CCCCCCC2)CCCCCOO1. The lowest BCUT2D eigenvalue weighted by molar-refractivity contribution is -0.389. The van der Waals surface area contributed by atoms with E-state index >= 15 is 0 Å². The molecule has 1 heterocycles. The fourth-order valence-electron chi connectivity index (χ4n) is 3.65. The highest BCUT2D eigenvalue weighted by atomic mass is 17.2. The predicted molar refractivity (Wildman–Crippen MR) is 77.1 cm³/mol. The van der Waals surface area contributed by atoms with Gasteiger partial charge in [-0.1, -0.05) is 44.9 Å². The van der Waals surface area contributed by atoms with E-state index in [9.17, 15) is 0 Å². The highest BCUT2D eigenvalue weighted by molar-refractivity contribution is 4.89. The third-order valence-corrected chi connectivity index (χ3v) is 4.84. The molecule has 1 aliphatic heterocycles. The Hall–Kier alpha value is -0.160. The summed E-state index contributed by atoms with van der Waals surface area (Å²) in [4.78, 5) is 11.3. The second-order valence-electron chi connectivity index (χ2n) is 6.30. The van der Waals surface area contributed by atoms with Crippen molar-refractivity contribution in [3.8, 4) is 0 Å². The van der Waals surface area contributed by atoms with Gasteiger partial charge in [-0.05, 0) is 31.6 Å². The van der Waals surface area contributed by atoms with Crippen molar-refractivity contribution in [2.24, 2.45) is 5.92 Å². The van der Waals surface area contributed by atoms with Gasteiger partial charge in [0.05, 0.1) is 13.2 Å². The minimum atomic E-state index is -0.347. The lowest BCUT2D eigenvalue weighted by atomic mass is 9.76. The molecule has 2 rings (SSSR count). The Morgan fingerprint density at radius 2 is 1.65 bits per heavy atom. The molecular formula is C16H30O4. The zero-order valence-electron chi connectivity index (χ0n) is 12.6. The van der Waals surface area contributed by atoms with Crippen molar-refractivity contribution in [3.05, 3.63) is 0 Å². The van der Waals surface area contributed by atoms with Crippen LogP contribution in [-0.4, -0.2) is 30.7 Å². The summed E-state index contributed by atoms with van der Waals surface area (Å²) < 4.78 is 5.35. The van der Waals surface area contributed by atoms with Crippen LogP contribution in [0.2, 0.25) is 0 Å². The zero-order chi connectivity index (χ0) is 14.1. The van der Waals surface area contributed by atoms with Crippen molar-refractivity contribution in [3.63, 3.8) is 0 Å². The summed E-state index contributed by atoms with van der Waals surface area (Å²) in [5, 5.41) is 9.02. The maximum atomic E-state index is 9.02. The van der Waals surface area contributed by atoms with Crippen LogP contribution >= 0.6 is 0 Å². The quantitative estimate of drug-likeness (QED) is 0.634. The van der Waals surface area contributed by atoms with Crippen LogP contribution in [0.5, 0.6) is 0 Å². The van der Waals surface area contributed by atoms with Gasteiger partial charge in [0.1, 0.15) is 12.4 Å². The topological polar surface area (TPSA) is 47.9 Å². The predicted octanol–water partition coefficient (Wildman–Crippen LogP) is 3.57. The molecule has 118 valence electrons. The average molecular weight is 286 g/mol. The fourth-order valence-corrected chi connectivity index (χ4v) is 3.65. The van der Waals surface area contributed by atoms with Gasteiger partial charge in [-0.3, -0.25) is 0 Å². The van der Waals surface area contributed by atoms with E-state index in [0.29, 0.717) is 19.1 Å². The Labute approximate surface area is 122 Å². The van der Waals surface area contributed by atoms with Crippen LogP contribution in [0.25, 0.3) is 0 Å². The highest BCUT2D eigenvalue weighted by Gasteiger charge is 2.41. The second kappa shape index (κ2) is 8.98. The van der Waals surface area contributed by atoms with E-state index in [1.54, 1.807) is 0 Å². The van der Waals surface area contributed by atoms with Gasteiger partial charge < -0.3 is 9.84 Å². The Bertz CT molecular complexity index is 235. The highest BCUT2D eigenvalue weighted by Crippen LogP contribution is 2.38. The van der Waals surface area contributed by atoms with E-state index in [1.165, 1.54) is 51.4 Å². The molecule has 0 spiro atoms. The monoisotopic (exact) mass is 286 g/mol. The summed E-state index contributed by atoms with van der Waals surface area (Å²) in [5.74, 6) is 0.493. The van der Waals surface area contributed by atoms with Crippen molar-refractivity contribution in [2.75, 3.05) is 20.0 Å². The van der Waals surface area contributed by atoms with Crippen molar-refractivity contribution >= 4 is 0 Å².